The molecule has 0 fully saturated rings. The Kier molecular flexibility index (Phi) is 5.97. The van der Waals surface area contributed by atoms with Gasteiger partial charge in [0.05, 0.1) is 26.4 Å². The van der Waals surface area contributed by atoms with E-state index in [1.807, 2.05) is 31.2 Å². The lowest BCUT2D eigenvalue weighted by Crippen LogP contribution is -2.20. The first-order chi connectivity index (χ1) is 8.19. The molecule has 0 amide bonds. The summed E-state index contributed by atoms with van der Waals surface area (Å²) in [5.41, 5.74) is 0.815. The molecular formula is C13H20O4. The monoisotopic (exact) mass is 240 g/mol. The maximum atomic E-state index is 10.0. The molecule has 1 N–H and O–H groups in total. The van der Waals surface area contributed by atoms with Crippen molar-refractivity contribution >= 4 is 0 Å². The minimum Gasteiger partial charge on any atom is -0.497 e. The van der Waals surface area contributed by atoms with Gasteiger partial charge in [0.1, 0.15) is 11.9 Å². The van der Waals surface area contributed by atoms with Crippen LogP contribution < -0.4 is 4.74 Å². The van der Waals surface area contributed by atoms with Crippen molar-refractivity contribution in [2.24, 2.45) is 0 Å². The van der Waals surface area contributed by atoms with Crippen molar-refractivity contribution in [3.8, 4) is 5.75 Å². The van der Waals surface area contributed by atoms with Crippen molar-refractivity contribution < 1.29 is 19.3 Å². The largest absolute Gasteiger partial charge is 0.497 e. The summed E-state index contributed by atoms with van der Waals surface area (Å²) in [5.74, 6) is 0.772. The molecule has 1 aromatic rings. The van der Waals surface area contributed by atoms with Gasteiger partial charge in [-0.1, -0.05) is 12.1 Å². The molecule has 2 atom stereocenters. The Morgan fingerprint density at radius 2 is 1.76 bits per heavy atom. The predicted octanol–water partition coefficient (Wildman–Crippen LogP) is 1.78. The van der Waals surface area contributed by atoms with Crippen LogP contribution in [0.25, 0.3) is 0 Å². The van der Waals surface area contributed by atoms with Gasteiger partial charge in [0.2, 0.25) is 0 Å². The third kappa shape index (κ3) is 4.34. The normalized spacial score (nSPS) is 14.4. The summed E-state index contributed by atoms with van der Waals surface area (Å²) in [6.45, 7) is 2.84. The second-order valence-electron chi connectivity index (χ2n) is 3.79. The highest BCUT2D eigenvalue weighted by atomic mass is 16.5. The first kappa shape index (κ1) is 14.0. The molecule has 0 aliphatic carbocycles. The van der Waals surface area contributed by atoms with E-state index in [9.17, 15) is 5.11 Å². The zero-order valence-electron chi connectivity index (χ0n) is 10.6. The molecule has 0 aromatic heterocycles. The first-order valence-electron chi connectivity index (χ1n) is 5.61. The third-order valence-corrected chi connectivity index (χ3v) is 2.57. The average molecular weight is 240 g/mol. The topological polar surface area (TPSA) is 47.9 Å². The van der Waals surface area contributed by atoms with E-state index in [1.54, 1.807) is 14.2 Å². The van der Waals surface area contributed by atoms with Crippen LogP contribution in [-0.4, -0.2) is 38.6 Å². The Hall–Kier alpha value is -1.10. The van der Waals surface area contributed by atoms with Crippen molar-refractivity contribution in [1.29, 1.82) is 0 Å². The summed E-state index contributed by atoms with van der Waals surface area (Å²) in [5, 5.41) is 10.0. The lowest BCUT2D eigenvalue weighted by molar-refractivity contribution is -0.0432. The number of benzene rings is 1. The Balaban J connectivity index is 2.52. The highest BCUT2D eigenvalue weighted by Crippen LogP contribution is 2.21. The van der Waals surface area contributed by atoms with Gasteiger partial charge in [-0.25, -0.2) is 0 Å². The van der Waals surface area contributed by atoms with E-state index < -0.39 is 6.10 Å². The quantitative estimate of drug-likeness (QED) is 0.738. The first-order valence-corrected chi connectivity index (χ1v) is 5.61. The molecule has 1 aromatic carbocycles. The molecule has 0 aliphatic rings. The smallest absolute Gasteiger partial charge is 0.118 e. The van der Waals surface area contributed by atoms with Crippen LogP contribution in [0, 0.1) is 0 Å². The fraction of sp³-hybridized carbons (Fsp3) is 0.538. The Bertz CT molecular complexity index is 310. The van der Waals surface area contributed by atoms with Gasteiger partial charge in [0.15, 0.2) is 0 Å². The average Bonchev–Trinajstić information content (AvgIpc) is 2.38. The maximum Gasteiger partial charge on any atom is 0.118 e. The maximum absolute atomic E-state index is 10.0. The fourth-order valence-electron chi connectivity index (χ4n) is 1.48. The highest BCUT2D eigenvalue weighted by Gasteiger charge is 2.16. The highest BCUT2D eigenvalue weighted by molar-refractivity contribution is 5.28. The Morgan fingerprint density at radius 1 is 1.12 bits per heavy atom. The number of aliphatic hydroxyl groups excluding tert-OH is 1. The summed E-state index contributed by atoms with van der Waals surface area (Å²) < 4.78 is 15.4. The molecule has 4 heteroatoms. The molecule has 0 aliphatic heterocycles. The Morgan fingerprint density at radius 3 is 2.29 bits per heavy atom. The van der Waals surface area contributed by atoms with Crippen molar-refractivity contribution in [1.82, 2.24) is 0 Å². The van der Waals surface area contributed by atoms with Gasteiger partial charge < -0.3 is 19.3 Å². The summed E-state index contributed by atoms with van der Waals surface area (Å²) in [4.78, 5) is 0. The Labute approximate surface area is 102 Å². The minimum atomic E-state index is -0.641. The molecule has 0 saturated carbocycles. The van der Waals surface area contributed by atoms with Gasteiger partial charge in [-0.05, 0) is 24.6 Å². The summed E-state index contributed by atoms with van der Waals surface area (Å²) in [6.07, 6.45) is -0.906. The number of hydrogen-bond acceptors (Lipinski definition) is 4. The fourth-order valence-corrected chi connectivity index (χ4v) is 1.48. The number of rotatable bonds is 7. The van der Waals surface area contributed by atoms with Crippen LogP contribution >= 0.6 is 0 Å². The molecule has 96 valence electrons. The number of aliphatic hydroxyl groups is 1. The second kappa shape index (κ2) is 7.27. The van der Waals surface area contributed by atoms with E-state index in [4.69, 9.17) is 14.2 Å². The number of methoxy groups -OCH3 is 2. The van der Waals surface area contributed by atoms with Crippen LogP contribution in [0.15, 0.2) is 24.3 Å². The van der Waals surface area contributed by atoms with Crippen LogP contribution in [0.3, 0.4) is 0 Å². The molecule has 0 radical (unpaired) electrons. The van der Waals surface area contributed by atoms with Crippen molar-refractivity contribution in [2.45, 2.75) is 19.1 Å². The summed E-state index contributed by atoms with van der Waals surface area (Å²) in [6, 6.07) is 7.31. The van der Waals surface area contributed by atoms with Crippen molar-refractivity contribution in [3.63, 3.8) is 0 Å². The van der Waals surface area contributed by atoms with E-state index in [2.05, 4.69) is 0 Å². The van der Waals surface area contributed by atoms with E-state index in [0.717, 1.165) is 11.3 Å². The van der Waals surface area contributed by atoms with Gasteiger partial charge >= 0.3 is 0 Å². The summed E-state index contributed by atoms with van der Waals surface area (Å²) >= 11 is 0. The SMILES string of the molecule is COCCOC(C)C(O)c1ccc(OC)cc1. The molecule has 4 nitrogen and oxygen atoms in total. The van der Waals surface area contributed by atoms with Crippen LogP contribution in [0.2, 0.25) is 0 Å². The molecule has 0 saturated heterocycles. The molecule has 0 spiro atoms. The minimum absolute atomic E-state index is 0.265. The molecule has 1 rings (SSSR count). The van der Waals surface area contributed by atoms with Crippen LogP contribution in [0.1, 0.15) is 18.6 Å². The molecule has 0 bridgehead atoms. The third-order valence-electron chi connectivity index (χ3n) is 2.57. The predicted molar refractivity (Wildman–Crippen MR) is 65.2 cm³/mol. The lowest BCUT2D eigenvalue weighted by Gasteiger charge is -2.19. The molecule has 0 heterocycles. The van der Waals surface area contributed by atoms with Gasteiger partial charge in [0, 0.05) is 7.11 Å². The van der Waals surface area contributed by atoms with E-state index in [1.165, 1.54) is 0 Å². The van der Waals surface area contributed by atoms with Crippen molar-refractivity contribution in [2.75, 3.05) is 27.4 Å². The van der Waals surface area contributed by atoms with Crippen molar-refractivity contribution in [3.05, 3.63) is 29.8 Å². The molecule has 2 unspecified atom stereocenters. The van der Waals surface area contributed by atoms with Gasteiger partial charge in [0.25, 0.3) is 0 Å². The zero-order chi connectivity index (χ0) is 12.7. The van der Waals surface area contributed by atoms with Gasteiger partial charge in [-0.2, -0.15) is 0 Å². The number of ether oxygens (including phenoxy) is 3. The molecular weight excluding hydrogens is 220 g/mol. The van der Waals surface area contributed by atoms with Gasteiger partial charge in [-0.15, -0.1) is 0 Å². The van der Waals surface area contributed by atoms with Crippen LogP contribution in [-0.2, 0) is 9.47 Å². The van der Waals surface area contributed by atoms with Crippen LogP contribution in [0.4, 0.5) is 0 Å². The molecule has 17 heavy (non-hydrogen) atoms. The van der Waals surface area contributed by atoms with E-state index in [-0.39, 0.29) is 6.10 Å². The van der Waals surface area contributed by atoms with E-state index in [0.29, 0.717) is 13.2 Å². The van der Waals surface area contributed by atoms with Gasteiger partial charge in [-0.3, -0.25) is 0 Å². The van der Waals surface area contributed by atoms with Crippen LogP contribution in [0.5, 0.6) is 5.75 Å². The second-order valence-corrected chi connectivity index (χ2v) is 3.79. The lowest BCUT2D eigenvalue weighted by atomic mass is 10.1. The van der Waals surface area contributed by atoms with E-state index >= 15 is 0 Å². The zero-order valence-corrected chi connectivity index (χ0v) is 10.6. The summed E-state index contributed by atoms with van der Waals surface area (Å²) in [7, 11) is 3.23. The number of hydrogen-bond donors (Lipinski definition) is 1. The standard InChI is InChI=1S/C13H20O4/c1-10(17-9-8-15-2)13(14)11-4-6-12(16-3)7-5-11/h4-7,10,13-14H,8-9H2,1-3H3.